The largest absolute Gasteiger partial charge is 0.377 e. The molecule has 1 N–H and O–H groups in total. The van der Waals surface area contributed by atoms with Gasteiger partial charge in [-0.15, -0.1) is 11.8 Å². The minimum atomic E-state index is 0.450. The minimum absolute atomic E-state index is 0.450. The molecular weight excluding hydrogens is 230 g/mol. The van der Waals surface area contributed by atoms with Gasteiger partial charge in [0.2, 0.25) is 0 Å². The summed E-state index contributed by atoms with van der Waals surface area (Å²) in [6, 6.07) is 10.6. The van der Waals surface area contributed by atoms with Crippen LogP contribution in [0.25, 0.3) is 0 Å². The Morgan fingerprint density at radius 1 is 1.24 bits per heavy atom. The summed E-state index contributed by atoms with van der Waals surface area (Å²) >= 11 is 1.90. The number of hydrogen-bond donors (Lipinski definition) is 1. The molecule has 94 valence electrons. The highest BCUT2D eigenvalue weighted by Crippen LogP contribution is 2.16. The fraction of sp³-hybridized carbons (Fsp3) is 0.571. The van der Waals surface area contributed by atoms with Crippen molar-refractivity contribution in [3.05, 3.63) is 30.3 Å². The highest BCUT2D eigenvalue weighted by Gasteiger charge is 2.12. The first-order valence-electron chi connectivity index (χ1n) is 6.45. The van der Waals surface area contributed by atoms with E-state index in [2.05, 4.69) is 35.6 Å². The third-order valence-electron chi connectivity index (χ3n) is 2.94. The van der Waals surface area contributed by atoms with Crippen molar-refractivity contribution in [2.45, 2.75) is 30.3 Å². The Morgan fingerprint density at radius 3 is 2.88 bits per heavy atom. The summed E-state index contributed by atoms with van der Waals surface area (Å²) in [5.74, 6) is 1.12. The van der Waals surface area contributed by atoms with Crippen molar-refractivity contribution in [2.75, 3.05) is 25.4 Å². The Morgan fingerprint density at radius 2 is 2.12 bits per heavy atom. The normalized spacial score (nSPS) is 20.4. The Labute approximate surface area is 108 Å². The van der Waals surface area contributed by atoms with Crippen LogP contribution in [0, 0.1) is 0 Å². The summed E-state index contributed by atoms with van der Waals surface area (Å²) in [7, 11) is 0. The standard InChI is InChI=1S/C14H21NOS/c1-2-7-14(8-3-1)17-11-9-15-12-13-6-4-5-10-16-13/h1-3,7-8,13,15H,4-6,9-12H2. The van der Waals surface area contributed by atoms with Crippen LogP contribution in [0.4, 0.5) is 0 Å². The van der Waals surface area contributed by atoms with Crippen LogP contribution in [0.15, 0.2) is 35.2 Å². The fourth-order valence-corrected chi connectivity index (χ4v) is 2.82. The summed E-state index contributed by atoms with van der Waals surface area (Å²) < 4.78 is 5.67. The summed E-state index contributed by atoms with van der Waals surface area (Å²) in [4.78, 5) is 1.35. The van der Waals surface area contributed by atoms with Crippen LogP contribution in [0.3, 0.4) is 0 Å². The topological polar surface area (TPSA) is 21.3 Å². The quantitative estimate of drug-likeness (QED) is 0.620. The first-order chi connectivity index (χ1) is 8.45. The maximum Gasteiger partial charge on any atom is 0.0699 e. The first kappa shape index (κ1) is 12.9. The van der Waals surface area contributed by atoms with Crippen molar-refractivity contribution < 1.29 is 4.74 Å². The second-order valence-electron chi connectivity index (χ2n) is 4.35. The maximum absolute atomic E-state index is 5.67. The number of nitrogens with one attached hydrogen (secondary N) is 1. The molecule has 0 aliphatic carbocycles. The molecule has 0 bridgehead atoms. The van der Waals surface area contributed by atoms with Crippen LogP contribution < -0.4 is 5.32 Å². The zero-order valence-corrected chi connectivity index (χ0v) is 11.0. The molecule has 0 amide bonds. The van der Waals surface area contributed by atoms with E-state index in [4.69, 9.17) is 4.74 Å². The molecule has 3 heteroatoms. The van der Waals surface area contributed by atoms with Gasteiger partial charge in [-0.25, -0.2) is 0 Å². The van der Waals surface area contributed by atoms with Crippen LogP contribution >= 0.6 is 11.8 Å². The van der Waals surface area contributed by atoms with E-state index in [1.165, 1.54) is 24.2 Å². The van der Waals surface area contributed by atoms with E-state index in [0.717, 1.165) is 25.4 Å². The SMILES string of the molecule is c1ccc(SCCNCC2CCCCO2)cc1. The van der Waals surface area contributed by atoms with Crippen LogP contribution in [-0.4, -0.2) is 31.6 Å². The highest BCUT2D eigenvalue weighted by molar-refractivity contribution is 7.99. The lowest BCUT2D eigenvalue weighted by molar-refractivity contribution is 0.0173. The lowest BCUT2D eigenvalue weighted by atomic mass is 10.1. The smallest absolute Gasteiger partial charge is 0.0699 e. The van der Waals surface area contributed by atoms with Crippen molar-refractivity contribution >= 4 is 11.8 Å². The molecule has 1 aliphatic rings. The fourth-order valence-electron chi connectivity index (χ4n) is 1.99. The molecular formula is C14H21NOS. The minimum Gasteiger partial charge on any atom is -0.377 e. The average molecular weight is 251 g/mol. The molecule has 1 aromatic carbocycles. The van der Waals surface area contributed by atoms with Crippen LogP contribution in [-0.2, 0) is 4.74 Å². The van der Waals surface area contributed by atoms with Gasteiger partial charge in [-0.05, 0) is 31.4 Å². The number of ether oxygens (including phenoxy) is 1. The Kier molecular flexibility index (Phi) is 5.89. The van der Waals surface area contributed by atoms with E-state index in [0.29, 0.717) is 6.10 Å². The number of hydrogen-bond acceptors (Lipinski definition) is 3. The second-order valence-corrected chi connectivity index (χ2v) is 5.52. The summed E-state index contributed by atoms with van der Waals surface area (Å²) in [6.07, 6.45) is 4.23. The lowest BCUT2D eigenvalue weighted by Crippen LogP contribution is -2.32. The molecule has 2 rings (SSSR count). The van der Waals surface area contributed by atoms with Gasteiger partial charge >= 0.3 is 0 Å². The van der Waals surface area contributed by atoms with Crippen molar-refractivity contribution in [1.82, 2.24) is 5.32 Å². The molecule has 0 radical (unpaired) electrons. The van der Waals surface area contributed by atoms with Gasteiger partial charge in [-0.2, -0.15) is 0 Å². The zero-order chi connectivity index (χ0) is 11.8. The molecule has 1 saturated heterocycles. The van der Waals surface area contributed by atoms with Gasteiger partial charge in [-0.1, -0.05) is 18.2 Å². The molecule has 1 fully saturated rings. The number of rotatable bonds is 6. The van der Waals surface area contributed by atoms with E-state index < -0.39 is 0 Å². The van der Waals surface area contributed by atoms with Gasteiger partial charge in [0, 0.05) is 30.3 Å². The van der Waals surface area contributed by atoms with E-state index in [1.54, 1.807) is 0 Å². The first-order valence-corrected chi connectivity index (χ1v) is 7.44. The Hall–Kier alpha value is -0.510. The molecule has 0 aromatic heterocycles. The van der Waals surface area contributed by atoms with Gasteiger partial charge in [0.05, 0.1) is 6.10 Å². The summed E-state index contributed by atoms with van der Waals surface area (Å²) in [5, 5.41) is 3.48. The number of benzene rings is 1. The zero-order valence-electron chi connectivity index (χ0n) is 10.2. The average Bonchev–Trinajstić information content (AvgIpc) is 2.41. The predicted molar refractivity (Wildman–Crippen MR) is 73.6 cm³/mol. The van der Waals surface area contributed by atoms with Crippen molar-refractivity contribution in [1.29, 1.82) is 0 Å². The van der Waals surface area contributed by atoms with E-state index in [1.807, 2.05) is 11.8 Å². The molecule has 1 aromatic rings. The lowest BCUT2D eigenvalue weighted by Gasteiger charge is -2.22. The van der Waals surface area contributed by atoms with Crippen LogP contribution in [0.1, 0.15) is 19.3 Å². The van der Waals surface area contributed by atoms with Crippen molar-refractivity contribution in [3.63, 3.8) is 0 Å². The molecule has 1 atom stereocenters. The Bertz CT molecular complexity index is 298. The summed E-state index contributed by atoms with van der Waals surface area (Å²) in [5.41, 5.74) is 0. The molecule has 1 unspecified atom stereocenters. The van der Waals surface area contributed by atoms with Crippen molar-refractivity contribution in [3.8, 4) is 0 Å². The van der Waals surface area contributed by atoms with E-state index in [9.17, 15) is 0 Å². The van der Waals surface area contributed by atoms with Gasteiger partial charge in [-0.3, -0.25) is 0 Å². The third-order valence-corrected chi connectivity index (χ3v) is 3.95. The van der Waals surface area contributed by atoms with Gasteiger partial charge < -0.3 is 10.1 Å². The maximum atomic E-state index is 5.67. The highest BCUT2D eigenvalue weighted by atomic mass is 32.2. The monoisotopic (exact) mass is 251 g/mol. The summed E-state index contributed by atoms with van der Waals surface area (Å²) in [6.45, 7) is 3.01. The second kappa shape index (κ2) is 7.75. The predicted octanol–water partition coefficient (Wildman–Crippen LogP) is 2.94. The third kappa shape index (κ3) is 5.11. The molecule has 1 aliphatic heterocycles. The molecule has 17 heavy (non-hydrogen) atoms. The number of thioether (sulfide) groups is 1. The van der Waals surface area contributed by atoms with Crippen LogP contribution in [0.2, 0.25) is 0 Å². The van der Waals surface area contributed by atoms with E-state index >= 15 is 0 Å². The van der Waals surface area contributed by atoms with E-state index in [-0.39, 0.29) is 0 Å². The molecule has 1 heterocycles. The molecule has 0 saturated carbocycles. The van der Waals surface area contributed by atoms with Gasteiger partial charge in [0.15, 0.2) is 0 Å². The molecule has 0 spiro atoms. The molecule has 2 nitrogen and oxygen atoms in total. The Balaban J connectivity index is 1.51. The van der Waals surface area contributed by atoms with Crippen LogP contribution in [0.5, 0.6) is 0 Å². The van der Waals surface area contributed by atoms with Gasteiger partial charge in [0.25, 0.3) is 0 Å². The van der Waals surface area contributed by atoms with Crippen molar-refractivity contribution in [2.24, 2.45) is 0 Å². The van der Waals surface area contributed by atoms with Gasteiger partial charge in [0.1, 0.15) is 0 Å².